The van der Waals surface area contributed by atoms with Gasteiger partial charge in [0.15, 0.2) is 0 Å². The Labute approximate surface area is 133 Å². The molecule has 23 heavy (non-hydrogen) atoms. The van der Waals surface area contributed by atoms with Gasteiger partial charge in [-0.15, -0.1) is 0 Å². The van der Waals surface area contributed by atoms with Gasteiger partial charge in [0.2, 0.25) is 0 Å². The lowest BCUT2D eigenvalue weighted by atomic mass is 10.2. The summed E-state index contributed by atoms with van der Waals surface area (Å²) in [7, 11) is 3.45. The maximum Gasteiger partial charge on any atom is 0.272 e. The van der Waals surface area contributed by atoms with E-state index in [0.717, 1.165) is 16.7 Å². The molecule has 3 aromatic rings. The molecule has 0 aliphatic heterocycles. The van der Waals surface area contributed by atoms with Gasteiger partial charge in [-0.3, -0.25) is 4.79 Å². The number of hydrogen-bond donors (Lipinski definition) is 1. The minimum Gasteiger partial charge on any atom is -0.497 e. The van der Waals surface area contributed by atoms with Crippen LogP contribution in [0, 0.1) is 11.3 Å². The number of rotatable bonds is 3. The van der Waals surface area contributed by atoms with Crippen molar-refractivity contribution in [2.75, 3.05) is 12.4 Å². The highest BCUT2D eigenvalue weighted by atomic mass is 16.5. The normalized spacial score (nSPS) is 10.3. The molecule has 0 atom stereocenters. The maximum atomic E-state index is 12.5. The number of aromatic nitrogens is 1. The molecule has 0 saturated carbocycles. The average Bonchev–Trinajstić information content (AvgIpc) is 2.91. The minimum atomic E-state index is -0.224. The van der Waals surface area contributed by atoms with E-state index in [1.165, 1.54) is 0 Å². The maximum absolute atomic E-state index is 12.5. The summed E-state index contributed by atoms with van der Waals surface area (Å²) in [6.07, 6.45) is 0. The number of benzene rings is 2. The number of nitrogens with zero attached hydrogens (tertiary/aromatic N) is 2. The molecule has 0 fully saturated rings. The van der Waals surface area contributed by atoms with Crippen LogP contribution in [-0.2, 0) is 7.05 Å². The number of nitrogens with one attached hydrogen (secondary N) is 1. The number of carbonyl (C=O) groups excluding carboxylic acids is 1. The predicted molar refractivity (Wildman–Crippen MR) is 88.6 cm³/mol. The van der Waals surface area contributed by atoms with Crippen LogP contribution < -0.4 is 10.1 Å². The van der Waals surface area contributed by atoms with Crippen LogP contribution in [0.15, 0.2) is 48.5 Å². The Hall–Kier alpha value is -3.26. The van der Waals surface area contributed by atoms with Gasteiger partial charge in [-0.25, -0.2) is 0 Å². The van der Waals surface area contributed by atoms with Crippen molar-refractivity contribution in [1.82, 2.24) is 4.57 Å². The smallest absolute Gasteiger partial charge is 0.272 e. The van der Waals surface area contributed by atoms with E-state index in [0.29, 0.717) is 16.9 Å². The molecule has 0 unspecified atom stereocenters. The van der Waals surface area contributed by atoms with Crippen molar-refractivity contribution in [3.05, 3.63) is 59.8 Å². The van der Waals surface area contributed by atoms with Gasteiger partial charge < -0.3 is 14.6 Å². The van der Waals surface area contributed by atoms with Crippen molar-refractivity contribution >= 4 is 22.5 Å². The topological polar surface area (TPSA) is 67.0 Å². The highest BCUT2D eigenvalue weighted by Gasteiger charge is 2.14. The molecule has 114 valence electrons. The van der Waals surface area contributed by atoms with Gasteiger partial charge in [0.05, 0.1) is 18.7 Å². The fraction of sp³-hybridized carbons (Fsp3) is 0.111. The van der Waals surface area contributed by atoms with Gasteiger partial charge in [-0.2, -0.15) is 5.26 Å². The standard InChI is InChI=1S/C18H15N3O2/c1-21-16-7-6-15(23-2)9-13(16)10-17(21)18(22)20-14-5-3-4-12(8-14)11-19/h3-10H,1-2H3,(H,20,22). The molecule has 2 aromatic carbocycles. The quantitative estimate of drug-likeness (QED) is 0.807. The first kappa shape index (κ1) is 14.7. The Morgan fingerprint density at radius 1 is 1.22 bits per heavy atom. The summed E-state index contributed by atoms with van der Waals surface area (Å²) < 4.78 is 7.04. The first-order chi connectivity index (χ1) is 11.1. The Bertz CT molecular complexity index is 935. The number of fused-ring (bicyclic) bond motifs is 1. The highest BCUT2D eigenvalue weighted by molar-refractivity contribution is 6.06. The van der Waals surface area contributed by atoms with Crippen LogP contribution in [-0.4, -0.2) is 17.6 Å². The number of ether oxygens (including phenoxy) is 1. The number of amides is 1. The van der Waals surface area contributed by atoms with Gasteiger partial charge in [0.1, 0.15) is 11.4 Å². The molecule has 0 aliphatic carbocycles. The largest absolute Gasteiger partial charge is 0.497 e. The molecule has 0 aliphatic rings. The molecule has 0 radical (unpaired) electrons. The molecule has 0 bridgehead atoms. The minimum absolute atomic E-state index is 0.224. The Morgan fingerprint density at radius 2 is 2.04 bits per heavy atom. The summed E-state index contributed by atoms with van der Waals surface area (Å²) in [4.78, 5) is 12.5. The second-order valence-corrected chi connectivity index (χ2v) is 5.16. The summed E-state index contributed by atoms with van der Waals surface area (Å²) in [6, 6.07) is 16.4. The van der Waals surface area contributed by atoms with E-state index in [-0.39, 0.29) is 5.91 Å². The lowest BCUT2D eigenvalue weighted by Gasteiger charge is -2.07. The first-order valence-corrected chi connectivity index (χ1v) is 7.07. The zero-order valence-corrected chi connectivity index (χ0v) is 12.8. The number of anilines is 1. The van der Waals surface area contributed by atoms with Gasteiger partial charge in [-0.1, -0.05) is 6.07 Å². The van der Waals surface area contributed by atoms with E-state index in [1.807, 2.05) is 35.9 Å². The van der Waals surface area contributed by atoms with Crippen molar-refractivity contribution < 1.29 is 9.53 Å². The molecule has 5 nitrogen and oxygen atoms in total. The summed E-state index contributed by atoms with van der Waals surface area (Å²) in [5, 5.41) is 12.7. The van der Waals surface area contributed by atoms with E-state index in [1.54, 1.807) is 31.4 Å². The number of nitriles is 1. The van der Waals surface area contributed by atoms with Gasteiger partial charge in [-0.05, 0) is 42.5 Å². The number of aryl methyl sites for hydroxylation is 1. The zero-order valence-electron chi connectivity index (χ0n) is 12.8. The summed E-state index contributed by atoms with van der Waals surface area (Å²) in [6.45, 7) is 0. The van der Waals surface area contributed by atoms with E-state index < -0.39 is 0 Å². The van der Waals surface area contributed by atoms with Gasteiger partial charge in [0.25, 0.3) is 5.91 Å². The number of carbonyl (C=O) groups is 1. The SMILES string of the molecule is COc1ccc2c(c1)cc(C(=O)Nc1cccc(C#N)c1)n2C. The monoisotopic (exact) mass is 305 g/mol. The lowest BCUT2D eigenvalue weighted by Crippen LogP contribution is -2.15. The van der Waals surface area contributed by atoms with Crippen LogP contribution in [0.5, 0.6) is 5.75 Å². The van der Waals surface area contributed by atoms with Crippen LogP contribution in [0.2, 0.25) is 0 Å². The molecular formula is C18H15N3O2. The highest BCUT2D eigenvalue weighted by Crippen LogP contribution is 2.24. The van der Waals surface area contributed by atoms with Crippen LogP contribution in [0.4, 0.5) is 5.69 Å². The third-order valence-electron chi connectivity index (χ3n) is 3.73. The van der Waals surface area contributed by atoms with Crippen LogP contribution >= 0.6 is 0 Å². The van der Waals surface area contributed by atoms with Crippen LogP contribution in [0.3, 0.4) is 0 Å². The molecule has 5 heteroatoms. The fourth-order valence-corrected chi connectivity index (χ4v) is 2.53. The van der Waals surface area contributed by atoms with Crippen molar-refractivity contribution in [2.24, 2.45) is 7.05 Å². The van der Waals surface area contributed by atoms with Crippen molar-refractivity contribution in [3.63, 3.8) is 0 Å². The van der Waals surface area contributed by atoms with Crippen molar-refractivity contribution in [1.29, 1.82) is 5.26 Å². The Morgan fingerprint density at radius 3 is 2.78 bits per heavy atom. The molecule has 1 N–H and O–H groups in total. The predicted octanol–water partition coefficient (Wildman–Crippen LogP) is 3.31. The van der Waals surface area contributed by atoms with E-state index in [4.69, 9.17) is 10.00 Å². The molecule has 1 heterocycles. The Kier molecular flexibility index (Phi) is 3.73. The average molecular weight is 305 g/mol. The van der Waals surface area contributed by atoms with E-state index in [2.05, 4.69) is 11.4 Å². The third-order valence-corrected chi connectivity index (χ3v) is 3.73. The van der Waals surface area contributed by atoms with Crippen molar-refractivity contribution in [3.8, 4) is 11.8 Å². The summed E-state index contributed by atoms with van der Waals surface area (Å²) in [5.41, 5.74) is 2.58. The van der Waals surface area contributed by atoms with E-state index >= 15 is 0 Å². The second kappa shape index (κ2) is 5.85. The molecule has 0 spiro atoms. The fourth-order valence-electron chi connectivity index (χ4n) is 2.53. The second-order valence-electron chi connectivity index (χ2n) is 5.16. The molecule has 1 amide bonds. The first-order valence-electron chi connectivity index (χ1n) is 7.07. The van der Waals surface area contributed by atoms with Crippen LogP contribution in [0.1, 0.15) is 16.1 Å². The number of methoxy groups -OCH3 is 1. The molecular weight excluding hydrogens is 290 g/mol. The lowest BCUT2D eigenvalue weighted by molar-refractivity contribution is 0.102. The van der Waals surface area contributed by atoms with Gasteiger partial charge >= 0.3 is 0 Å². The number of hydrogen-bond acceptors (Lipinski definition) is 3. The summed E-state index contributed by atoms with van der Waals surface area (Å²) in [5.74, 6) is 0.523. The van der Waals surface area contributed by atoms with Crippen molar-refractivity contribution in [2.45, 2.75) is 0 Å². The van der Waals surface area contributed by atoms with Crippen LogP contribution in [0.25, 0.3) is 10.9 Å². The third kappa shape index (κ3) is 2.74. The zero-order chi connectivity index (χ0) is 16.4. The summed E-state index contributed by atoms with van der Waals surface area (Å²) >= 11 is 0. The Balaban J connectivity index is 1.94. The molecule has 3 rings (SSSR count). The van der Waals surface area contributed by atoms with E-state index in [9.17, 15) is 4.79 Å². The molecule has 1 aromatic heterocycles. The molecule has 0 saturated heterocycles. The van der Waals surface area contributed by atoms with Gasteiger partial charge in [0, 0.05) is 23.6 Å².